The van der Waals surface area contributed by atoms with E-state index in [2.05, 4.69) is 5.32 Å². The van der Waals surface area contributed by atoms with Gasteiger partial charge in [-0.05, 0) is 43.7 Å². The number of carbonyl (C=O) groups is 2. The van der Waals surface area contributed by atoms with Crippen LogP contribution in [0.2, 0.25) is 0 Å². The summed E-state index contributed by atoms with van der Waals surface area (Å²) in [4.78, 5) is 23.7. The monoisotopic (exact) mass is 313 g/mol. The molecule has 0 radical (unpaired) electrons. The molecule has 120 valence electrons. The first-order chi connectivity index (χ1) is 11.0. The minimum Gasteiger partial charge on any atom is -0.484 e. The van der Waals surface area contributed by atoms with Crippen molar-refractivity contribution in [2.75, 3.05) is 19.0 Å². The van der Waals surface area contributed by atoms with E-state index in [0.717, 1.165) is 5.56 Å². The van der Waals surface area contributed by atoms with Crippen LogP contribution < -0.4 is 10.1 Å². The molecule has 1 amide bonds. The Labute approximate surface area is 135 Å². The van der Waals surface area contributed by atoms with E-state index < -0.39 is 5.97 Å². The Morgan fingerprint density at radius 2 is 1.74 bits per heavy atom. The largest absolute Gasteiger partial charge is 0.484 e. The second kappa shape index (κ2) is 7.45. The number of aryl methyl sites for hydroxylation is 1. The van der Waals surface area contributed by atoms with E-state index in [1.165, 1.54) is 7.11 Å². The average molecular weight is 313 g/mol. The first-order valence-corrected chi connectivity index (χ1v) is 7.18. The van der Waals surface area contributed by atoms with Crippen LogP contribution in [0, 0.1) is 13.8 Å². The van der Waals surface area contributed by atoms with Gasteiger partial charge in [-0.1, -0.05) is 23.8 Å². The van der Waals surface area contributed by atoms with Gasteiger partial charge in [0, 0.05) is 5.69 Å². The van der Waals surface area contributed by atoms with Crippen LogP contribution >= 0.6 is 0 Å². The molecule has 0 bridgehead atoms. The van der Waals surface area contributed by atoms with Gasteiger partial charge >= 0.3 is 5.97 Å². The van der Waals surface area contributed by atoms with Crippen molar-refractivity contribution in [3.63, 3.8) is 0 Å². The molecule has 0 aliphatic heterocycles. The molecule has 1 N–H and O–H groups in total. The second-order valence-electron chi connectivity index (χ2n) is 5.12. The zero-order valence-corrected chi connectivity index (χ0v) is 13.4. The third kappa shape index (κ3) is 4.32. The van der Waals surface area contributed by atoms with Gasteiger partial charge in [-0.15, -0.1) is 0 Å². The number of nitrogens with one attached hydrogen (secondary N) is 1. The highest BCUT2D eigenvalue weighted by atomic mass is 16.5. The van der Waals surface area contributed by atoms with Crippen molar-refractivity contribution in [1.82, 2.24) is 0 Å². The van der Waals surface area contributed by atoms with Gasteiger partial charge in [-0.25, -0.2) is 4.79 Å². The van der Waals surface area contributed by atoms with Gasteiger partial charge in [0.25, 0.3) is 5.91 Å². The summed E-state index contributed by atoms with van der Waals surface area (Å²) in [6.45, 7) is 3.63. The maximum absolute atomic E-state index is 12.0. The molecule has 5 heteroatoms. The molecule has 0 aliphatic carbocycles. The van der Waals surface area contributed by atoms with Crippen LogP contribution in [0.5, 0.6) is 5.75 Å². The smallest absolute Gasteiger partial charge is 0.338 e. The fraction of sp³-hybridized carbons (Fsp3) is 0.222. The van der Waals surface area contributed by atoms with Crippen LogP contribution in [0.1, 0.15) is 21.5 Å². The Bertz CT molecular complexity index is 707. The van der Waals surface area contributed by atoms with Crippen molar-refractivity contribution in [3.8, 4) is 5.75 Å². The van der Waals surface area contributed by atoms with Crippen LogP contribution in [0.25, 0.3) is 0 Å². The Morgan fingerprint density at radius 1 is 1.04 bits per heavy atom. The Kier molecular flexibility index (Phi) is 5.36. The standard InChI is InChI=1S/C18H19NO4/c1-12-7-9-14(10-8-12)23-11-17(20)19-16-6-4-5-15(13(16)2)18(21)22-3/h4-10H,11H2,1-3H3,(H,19,20). The van der Waals surface area contributed by atoms with Crippen molar-refractivity contribution in [3.05, 3.63) is 59.2 Å². The summed E-state index contributed by atoms with van der Waals surface area (Å²) < 4.78 is 10.1. The van der Waals surface area contributed by atoms with Crippen LogP contribution in [-0.4, -0.2) is 25.6 Å². The lowest BCUT2D eigenvalue weighted by Crippen LogP contribution is -2.21. The molecule has 0 aromatic heterocycles. The summed E-state index contributed by atoms with van der Waals surface area (Å²) in [5.41, 5.74) is 2.76. The number of esters is 1. The van der Waals surface area contributed by atoms with Gasteiger partial charge in [-0.3, -0.25) is 4.79 Å². The molecule has 0 saturated carbocycles. The molecule has 0 spiro atoms. The number of hydrogen-bond donors (Lipinski definition) is 1. The van der Waals surface area contributed by atoms with Gasteiger partial charge < -0.3 is 14.8 Å². The van der Waals surface area contributed by atoms with E-state index in [1.807, 2.05) is 31.2 Å². The Balaban J connectivity index is 2.00. The summed E-state index contributed by atoms with van der Waals surface area (Å²) in [6, 6.07) is 12.5. The lowest BCUT2D eigenvalue weighted by molar-refractivity contribution is -0.118. The molecule has 2 rings (SSSR count). The molecular formula is C18H19NO4. The van der Waals surface area contributed by atoms with E-state index in [1.54, 1.807) is 25.1 Å². The predicted octanol–water partition coefficient (Wildman–Crippen LogP) is 3.11. The van der Waals surface area contributed by atoms with E-state index in [4.69, 9.17) is 9.47 Å². The lowest BCUT2D eigenvalue weighted by Gasteiger charge is -2.12. The molecule has 0 aliphatic rings. The third-order valence-electron chi connectivity index (χ3n) is 3.40. The van der Waals surface area contributed by atoms with Crippen molar-refractivity contribution < 1.29 is 19.1 Å². The molecule has 0 saturated heterocycles. The molecule has 2 aromatic carbocycles. The van der Waals surface area contributed by atoms with Gasteiger partial charge in [0.15, 0.2) is 6.61 Å². The van der Waals surface area contributed by atoms with E-state index in [0.29, 0.717) is 22.6 Å². The van der Waals surface area contributed by atoms with Gasteiger partial charge in [0.2, 0.25) is 0 Å². The fourth-order valence-electron chi connectivity index (χ4n) is 2.07. The van der Waals surface area contributed by atoms with Crippen molar-refractivity contribution in [2.24, 2.45) is 0 Å². The number of hydrogen-bond acceptors (Lipinski definition) is 4. The first kappa shape index (κ1) is 16.5. The fourth-order valence-corrected chi connectivity index (χ4v) is 2.07. The molecule has 0 heterocycles. The molecule has 2 aromatic rings. The highest BCUT2D eigenvalue weighted by Crippen LogP contribution is 2.20. The van der Waals surface area contributed by atoms with Gasteiger partial charge in [0.1, 0.15) is 5.75 Å². The topological polar surface area (TPSA) is 64.6 Å². The summed E-state index contributed by atoms with van der Waals surface area (Å²) in [5.74, 6) is -0.101. The Hall–Kier alpha value is -2.82. The molecular weight excluding hydrogens is 294 g/mol. The SMILES string of the molecule is COC(=O)c1cccc(NC(=O)COc2ccc(C)cc2)c1C. The van der Waals surface area contributed by atoms with Crippen LogP contribution in [-0.2, 0) is 9.53 Å². The van der Waals surface area contributed by atoms with Crippen molar-refractivity contribution >= 4 is 17.6 Å². The number of benzene rings is 2. The van der Waals surface area contributed by atoms with Crippen LogP contribution in [0.4, 0.5) is 5.69 Å². The average Bonchev–Trinajstić information content (AvgIpc) is 2.55. The normalized spacial score (nSPS) is 10.0. The highest BCUT2D eigenvalue weighted by molar-refractivity contribution is 5.97. The number of anilines is 1. The zero-order valence-electron chi connectivity index (χ0n) is 13.4. The lowest BCUT2D eigenvalue weighted by atomic mass is 10.1. The quantitative estimate of drug-likeness (QED) is 0.861. The summed E-state index contributed by atoms with van der Waals surface area (Å²) in [5, 5.41) is 2.74. The summed E-state index contributed by atoms with van der Waals surface area (Å²) in [7, 11) is 1.32. The van der Waals surface area contributed by atoms with Crippen LogP contribution in [0.15, 0.2) is 42.5 Å². The third-order valence-corrected chi connectivity index (χ3v) is 3.40. The molecule has 0 unspecified atom stereocenters. The second-order valence-corrected chi connectivity index (χ2v) is 5.12. The molecule has 0 atom stereocenters. The molecule has 0 fully saturated rings. The van der Waals surface area contributed by atoms with Gasteiger partial charge in [-0.2, -0.15) is 0 Å². The molecule has 5 nitrogen and oxygen atoms in total. The maximum Gasteiger partial charge on any atom is 0.338 e. The van der Waals surface area contributed by atoms with Crippen LogP contribution in [0.3, 0.4) is 0 Å². The first-order valence-electron chi connectivity index (χ1n) is 7.18. The number of rotatable bonds is 5. The van der Waals surface area contributed by atoms with Gasteiger partial charge in [0.05, 0.1) is 12.7 Å². The molecule has 23 heavy (non-hydrogen) atoms. The zero-order chi connectivity index (χ0) is 16.8. The number of carbonyl (C=O) groups excluding carboxylic acids is 2. The van der Waals surface area contributed by atoms with E-state index >= 15 is 0 Å². The minimum absolute atomic E-state index is 0.106. The minimum atomic E-state index is -0.436. The highest BCUT2D eigenvalue weighted by Gasteiger charge is 2.13. The number of amides is 1. The van der Waals surface area contributed by atoms with Crippen molar-refractivity contribution in [1.29, 1.82) is 0 Å². The van der Waals surface area contributed by atoms with Crippen molar-refractivity contribution in [2.45, 2.75) is 13.8 Å². The number of methoxy groups -OCH3 is 1. The van der Waals surface area contributed by atoms with E-state index in [9.17, 15) is 9.59 Å². The number of ether oxygens (including phenoxy) is 2. The van der Waals surface area contributed by atoms with E-state index in [-0.39, 0.29) is 12.5 Å². The summed E-state index contributed by atoms with van der Waals surface area (Å²) in [6.07, 6.45) is 0. The predicted molar refractivity (Wildman–Crippen MR) is 87.8 cm³/mol. The summed E-state index contributed by atoms with van der Waals surface area (Å²) >= 11 is 0. The maximum atomic E-state index is 12.0. The Morgan fingerprint density at radius 3 is 2.39 bits per heavy atom.